The third-order valence-corrected chi connectivity index (χ3v) is 5.81. The van der Waals surface area contributed by atoms with Gasteiger partial charge in [-0.05, 0) is 38.0 Å². The fourth-order valence-corrected chi connectivity index (χ4v) is 4.05. The van der Waals surface area contributed by atoms with Crippen LogP contribution in [0.15, 0.2) is 0 Å². The van der Waals surface area contributed by atoms with Gasteiger partial charge < -0.3 is 20.3 Å². The molecular formula is C18H34Cl2N4O3. The summed E-state index contributed by atoms with van der Waals surface area (Å²) in [4.78, 5) is 31.0. The second-order valence-corrected chi connectivity index (χ2v) is 7.52. The SMILES string of the molecule is Cl.Cl.NC(C(=O)N1CCN(CC(=O)N2CCCCC2)CC1)C1CCOCC1. The molecule has 3 aliphatic rings. The Bertz CT molecular complexity index is 464. The highest BCUT2D eigenvalue weighted by molar-refractivity contribution is 5.85. The van der Waals surface area contributed by atoms with Gasteiger partial charge in [-0.2, -0.15) is 0 Å². The first-order chi connectivity index (χ1) is 12.1. The topological polar surface area (TPSA) is 79.1 Å². The Labute approximate surface area is 174 Å². The maximum absolute atomic E-state index is 12.6. The molecule has 1 atom stereocenters. The van der Waals surface area contributed by atoms with Gasteiger partial charge in [0.2, 0.25) is 11.8 Å². The van der Waals surface area contributed by atoms with Crippen LogP contribution in [0.3, 0.4) is 0 Å². The van der Waals surface area contributed by atoms with Crippen molar-refractivity contribution in [3.63, 3.8) is 0 Å². The zero-order valence-corrected chi connectivity index (χ0v) is 17.6. The summed E-state index contributed by atoms with van der Waals surface area (Å²) in [7, 11) is 0. The number of halogens is 2. The van der Waals surface area contributed by atoms with E-state index in [-0.39, 0.29) is 42.5 Å². The minimum atomic E-state index is -0.412. The van der Waals surface area contributed by atoms with Crippen molar-refractivity contribution in [1.82, 2.24) is 14.7 Å². The molecule has 3 aliphatic heterocycles. The molecule has 9 heteroatoms. The van der Waals surface area contributed by atoms with Gasteiger partial charge in [-0.1, -0.05) is 0 Å². The number of nitrogens with two attached hydrogens (primary N) is 1. The molecule has 3 fully saturated rings. The molecule has 3 rings (SSSR count). The van der Waals surface area contributed by atoms with Crippen molar-refractivity contribution in [2.45, 2.75) is 38.1 Å². The Balaban J connectivity index is 0.00000182. The lowest BCUT2D eigenvalue weighted by Gasteiger charge is -2.38. The van der Waals surface area contributed by atoms with Crippen molar-refractivity contribution in [2.24, 2.45) is 11.7 Å². The molecule has 27 heavy (non-hydrogen) atoms. The molecule has 3 saturated heterocycles. The first-order valence-corrected chi connectivity index (χ1v) is 9.77. The fourth-order valence-electron chi connectivity index (χ4n) is 4.05. The van der Waals surface area contributed by atoms with Gasteiger partial charge in [0.25, 0.3) is 0 Å². The largest absolute Gasteiger partial charge is 0.381 e. The summed E-state index contributed by atoms with van der Waals surface area (Å²) < 4.78 is 5.35. The molecule has 0 aliphatic carbocycles. The number of ether oxygens (including phenoxy) is 1. The van der Waals surface area contributed by atoms with Crippen molar-refractivity contribution in [3.05, 3.63) is 0 Å². The zero-order valence-electron chi connectivity index (χ0n) is 16.0. The van der Waals surface area contributed by atoms with Crippen LogP contribution in [0.2, 0.25) is 0 Å². The smallest absolute Gasteiger partial charge is 0.239 e. The molecule has 1 unspecified atom stereocenters. The van der Waals surface area contributed by atoms with E-state index in [2.05, 4.69) is 4.90 Å². The second-order valence-electron chi connectivity index (χ2n) is 7.52. The lowest BCUT2D eigenvalue weighted by molar-refractivity contribution is -0.137. The lowest BCUT2D eigenvalue weighted by Crippen LogP contribution is -2.56. The summed E-state index contributed by atoms with van der Waals surface area (Å²) in [6.07, 6.45) is 5.22. The summed E-state index contributed by atoms with van der Waals surface area (Å²) in [5, 5.41) is 0. The van der Waals surface area contributed by atoms with Crippen LogP contribution in [0.25, 0.3) is 0 Å². The number of amides is 2. The van der Waals surface area contributed by atoms with Crippen LogP contribution in [0.5, 0.6) is 0 Å². The molecule has 2 amide bonds. The average molecular weight is 425 g/mol. The van der Waals surface area contributed by atoms with Gasteiger partial charge in [-0.15, -0.1) is 24.8 Å². The Kier molecular flexibility index (Phi) is 10.9. The van der Waals surface area contributed by atoms with Crippen molar-refractivity contribution < 1.29 is 14.3 Å². The monoisotopic (exact) mass is 424 g/mol. The molecule has 3 heterocycles. The van der Waals surface area contributed by atoms with Crippen LogP contribution < -0.4 is 5.73 Å². The van der Waals surface area contributed by atoms with E-state index < -0.39 is 6.04 Å². The molecule has 0 spiro atoms. The van der Waals surface area contributed by atoms with Crippen LogP contribution in [0.4, 0.5) is 0 Å². The molecule has 7 nitrogen and oxygen atoms in total. The Morgan fingerprint density at radius 2 is 1.48 bits per heavy atom. The van der Waals surface area contributed by atoms with Crippen molar-refractivity contribution in [2.75, 3.05) is 59.0 Å². The number of carbonyl (C=O) groups is 2. The third kappa shape index (κ3) is 6.75. The Morgan fingerprint density at radius 3 is 2.07 bits per heavy atom. The number of hydrogen-bond acceptors (Lipinski definition) is 5. The van der Waals surface area contributed by atoms with Crippen LogP contribution >= 0.6 is 24.8 Å². The first kappa shape index (κ1) is 24.4. The predicted octanol–water partition coefficient (Wildman–Crippen LogP) is 0.741. The minimum Gasteiger partial charge on any atom is -0.381 e. The van der Waals surface area contributed by atoms with E-state index in [0.717, 1.165) is 51.9 Å². The number of piperidine rings is 1. The molecule has 0 radical (unpaired) electrons. The Hall–Kier alpha value is -0.600. The molecule has 0 aromatic carbocycles. The van der Waals surface area contributed by atoms with E-state index in [4.69, 9.17) is 10.5 Å². The fraction of sp³-hybridized carbons (Fsp3) is 0.889. The molecule has 158 valence electrons. The van der Waals surface area contributed by atoms with Gasteiger partial charge in [0.15, 0.2) is 0 Å². The van der Waals surface area contributed by atoms with Crippen molar-refractivity contribution in [3.8, 4) is 0 Å². The highest BCUT2D eigenvalue weighted by Gasteiger charge is 2.32. The highest BCUT2D eigenvalue weighted by atomic mass is 35.5. The summed E-state index contributed by atoms with van der Waals surface area (Å²) in [6, 6.07) is -0.412. The van der Waals surface area contributed by atoms with Gasteiger partial charge in [0.05, 0.1) is 12.6 Å². The maximum Gasteiger partial charge on any atom is 0.239 e. The molecule has 0 saturated carbocycles. The first-order valence-electron chi connectivity index (χ1n) is 9.77. The molecule has 0 aromatic heterocycles. The summed E-state index contributed by atoms with van der Waals surface area (Å²) in [5.74, 6) is 0.534. The molecule has 0 bridgehead atoms. The van der Waals surface area contributed by atoms with E-state index in [9.17, 15) is 9.59 Å². The van der Waals surface area contributed by atoms with Gasteiger partial charge in [0, 0.05) is 52.5 Å². The predicted molar refractivity (Wildman–Crippen MR) is 109 cm³/mol. The van der Waals surface area contributed by atoms with Crippen molar-refractivity contribution in [1.29, 1.82) is 0 Å². The normalized spacial score (nSPS) is 23.1. The number of hydrogen-bond donors (Lipinski definition) is 1. The molecular weight excluding hydrogens is 391 g/mol. The van der Waals surface area contributed by atoms with Gasteiger partial charge >= 0.3 is 0 Å². The van der Waals surface area contributed by atoms with Crippen LogP contribution in [0.1, 0.15) is 32.1 Å². The lowest BCUT2D eigenvalue weighted by atomic mass is 9.91. The quantitative estimate of drug-likeness (QED) is 0.719. The van der Waals surface area contributed by atoms with E-state index in [1.165, 1.54) is 6.42 Å². The molecule has 0 aromatic rings. The Morgan fingerprint density at radius 1 is 0.889 bits per heavy atom. The standard InChI is InChI=1S/C18H32N4O3.2ClH/c19-17(15-4-12-25-13-5-15)18(24)22-10-8-20(9-11-22)14-16(23)21-6-2-1-3-7-21;;/h15,17H,1-14,19H2;2*1H. The summed E-state index contributed by atoms with van der Waals surface area (Å²) in [5.41, 5.74) is 6.21. The van der Waals surface area contributed by atoms with Gasteiger partial charge in [0.1, 0.15) is 0 Å². The zero-order chi connectivity index (χ0) is 17.6. The third-order valence-electron chi connectivity index (χ3n) is 5.81. The van der Waals surface area contributed by atoms with Crippen LogP contribution in [-0.4, -0.2) is 91.6 Å². The number of carbonyl (C=O) groups excluding carboxylic acids is 2. The van der Waals surface area contributed by atoms with Gasteiger partial charge in [-0.3, -0.25) is 14.5 Å². The number of piperazine rings is 1. The van der Waals surface area contributed by atoms with Gasteiger partial charge in [-0.25, -0.2) is 0 Å². The number of likely N-dealkylation sites (tertiary alicyclic amines) is 1. The number of nitrogens with zero attached hydrogens (tertiary/aromatic N) is 3. The number of rotatable bonds is 4. The highest BCUT2D eigenvalue weighted by Crippen LogP contribution is 2.19. The minimum absolute atomic E-state index is 0. The van der Waals surface area contributed by atoms with E-state index in [0.29, 0.717) is 32.8 Å². The second kappa shape index (κ2) is 12.1. The van der Waals surface area contributed by atoms with E-state index >= 15 is 0 Å². The van der Waals surface area contributed by atoms with E-state index in [1.807, 2.05) is 9.80 Å². The van der Waals surface area contributed by atoms with Crippen LogP contribution in [0, 0.1) is 5.92 Å². The van der Waals surface area contributed by atoms with Crippen molar-refractivity contribution >= 4 is 36.6 Å². The summed E-state index contributed by atoms with van der Waals surface area (Å²) in [6.45, 7) is 6.54. The van der Waals surface area contributed by atoms with E-state index in [1.54, 1.807) is 0 Å². The average Bonchev–Trinajstić information content (AvgIpc) is 2.69. The van der Waals surface area contributed by atoms with Crippen LogP contribution in [-0.2, 0) is 14.3 Å². The summed E-state index contributed by atoms with van der Waals surface area (Å²) >= 11 is 0. The maximum atomic E-state index is 12.6. The molecule has 2 N–H and O–H groups in total.